The molecule has 1 unspecified atom stereocenters. The fourth-order valence-corrected chi connectivity index (χ4v) is 3.68. The van der Waals surface area contributed by atoms with Gasteiger partial charge in [-0.1, -0.05) is 23.7 Å². The number of halogens is 2. The molecule has 0 radical (unpaired) electrons. The van der Waals surface area contributed by atoms with Crippen LogP contribution in [0.5, 0.6) is 0 Å². The average molecular weight is 450 g/mol. The normalized spacial score (nSPS) is 17.1. The van der Waals surface area contributed by atoms with Crippen LogP contribution >= 0.6 is 27.5 Å². The highest BCUT2D eigenvalue weighted by Gasteiger charge is 2.24. The third-order valence-electron chi connectivity index (χ3n) is 4.60. The summed E-state index contributed by atoms with van der Waals surface area (Å²) in [4.78, 5) is 14.5. The fraction of sp³-hybridized carbons (Fsp3) is 0.263. The Morgan fingerprint density at radius 3 is 2.85 bits per heavy atom. The summed E-state index contributed by atoms with van der Waals surface area (Å²) in [6.07, 6.45) is 1.91. The zero-order valence-electron chi connectivity index (χ0n) is 14.4. The second-order valence-electron chi connectivity index (χ2n) is 6.51. The highest BCUT2D eigenvalue weighted by molar-refractivity contribution is 9.10. The van der Waals surface area contributed by atoms with Gasteiger partial charge in [-0.25, -0.2) is 0 Å². The van der Waals surface area contributed by atoms with Crippen LogP contribution in [0.4, 0.5) is 5.82 Å². The van der Waals surface area contributed by atoms with Gasteiger partial charge in [0.1, 0.15) is 0 Å². The Morgan fingerprint density at radius 1 is 1.30 bits per heavy atom. The number of hydrogen-bond acceptors (Lipinski definition) is 4. The molecule has 1 fully saturated rings. The van der Waals surface area contributed by atoms with Crippen molar-refractivity contribution in [2.24, 2.45) is 0 Å². The fourth-order valence-electron chi connectivity index (χ4n) is 3.25. The van der Waals surface area contributed by atoms with E-state index < -0.39 is 0 Å². The van der Waals surface area contributed by atoms with Crippen molar-refractivity contribution in [3.05, 3.63) is 57.9 Å². The molecule has 1 atom stereocenters. The van der Waals surface area contributed by atoms with Crippen molar-refractivity contribution in [3.8, 4) is 11.3 Å². The first-order valence-corrected chi connectivity index (χ1v) is 9.88. The van der Waals surface area contributed by atoms with Gasteiger partial charge in [0.25, 0.3) is 5.91 Å². The van der Waals surface area contributed by atoms with Gasteiger partial charge in [0, 0.05) is 30.2 Å². The Morgan fingerprint density at radius 2 is 2.11 bits per heavy atom. The Bertz CT molecular complexity index is 937. The molecular weight excluding hydrogens is 432 g/mol. The van der Waals surface area contributed by atoms with E-state index in [0.717, 1.165) is 36.5 Å². The monoisotopic (exact) mass is 448 g/mol. The van der Waals surface area contributed by atoms with Crippen LogP contribution in [-0.4, -0.2) is 35.2 Å². The smallest absolute Gasteiger partial charge is 0.287 e. The molecule has 1 saturated heterocycles. The number of carbonyl (C=O) groups is 1. The maximum atomic E-state index is 12.3. The van der Waals surface area contributed by atoms with Gasteiger partial charge in [0.2, 0.25) is 0 Å². The Hall–Kier alpha value is -2.25. The molecule has 2 aromatic heterocycles. The molecule has 27 heavy (non-hydrogen) atoms. The van der Waals surface area contributed by atoms with E-state index in [9.17, 15) is 4.79 Å². The van der Waals surface area contributed by atoms with E-state index in [1.54, 1.807) is 12.1 Å². The number of carbonyl (C=O) groups excluding carboxylic acids is 1. The first-order chi connectivity index (χ1) is 13.1. The van der Waals surface area contributed by atoms with Gasteiger partial charge in [0.15, 0.2) is 16.2 Å². The van der Waals surface area contributed by atoms with Crippen molar-refractivity contribution in [2.75, 3.05) is 18.0 Å². The van der Waals surface area contributed by atoms with Crippen molar-refractivity contribution in [2.45, 2.75) is 18.9 Å². The summed E-state index contributed by atoms with van der Waals surface area (Å²) in [6, 6.07) is 13.1. The highest BCUT2D eigenvalue weighted by Crippen LogP contribution is 2.25. The van der Waals surface area contributed by atoms with Crippen molar-refractivity contribution in [3.63, 3.8) is 0 Å². The minimum Gasteiger partial charge on any atom is -0.444 e. The van der Waals surface area contributed by atoms with Crippen molar-refractivity contribution < 1.29 is 9.21 Å². The molecule has 0 bridgehead atoms. The molecule has 1 aliphatic heterocycles. The summed E-state index contributed by atoms with van der Waals surface area (Å²) in [7, 11) is 0. The van der Waals surface area contributed by atoms with Crippen LogP contribution in [0.15, 0.2) is 51.6 Å². The Balaban J connectivity index is 1.42. The summed E-state index contributed by atoms with van der Waals surface area (Å²) in [6.45, 7) is 1.61. The van der Waals surface area contributed by atoms with Crippen LogP contribution in [0.2, 0.25) is 5.02 Å². The van der Waals surface area contributed by atoms with Crippen LogP contribution in [0, 0.1) is 0 Å². The predicted octanol–water partition coefficient (Wildman–Crippen LogP) is 4.48. The van der Waals surface area contributed by atoms with E-state index in [4.69, 9.17) is 16.0 Å². The zero-order chi connectivity index (χ0) is 18.8. The molecule has 1 aliphatic rings. The summed E-state index contributed by atoms with van der Waals surface area (Å²) >= 11 is 9.17. The maximum Gasteiger partial charge on any atom is 0.287 e. The lowest BCUT2D eigenvalue weighted by Gasteiger charge is -2.33. The van der Waals surface area contributed by atoms with E-state index in [1.807, 2.05) is 30.3 Å². The van der Waals surface area contributed by atoms with Crippen molar-refractivity contribution in [1.29, 1.82) is 0 Å². The first-order valence-electron chi connectivity index (χ1n) is 8.71. The number of rotatable bonds is 4. The molecule has 0 spiro atoms. The number of anilines is 1. The molecule has 0 saturated carbocycles. The number of nitrogens with one attached hydrogen (secondary N) is 2. The lowest BCUT2D eigenvalue weighted by Crippen LogP contribution is -2.47. The molecule has 3 aromatic rings. The van der Waals surface area contributed by atoms with Crippen molar-refractivity contribution in [1.82, 2.24) is 15.5 Å². The number of aromatic nitrogens is 2. The third kappa shape index (κ3) is 4.20. The van der Waals surface area contributed by atoms with Crippen LogP contribution < -0.4 is 10.2 Å². The second-order valence-corrected chi connectivity index (χ2v) is 7.73. The number of piperidine rings is 1. The number of H-pyrrole nitrogens is 1. The highest BCUT2D eigenvalue weighted by atomic mass is 79.9. The van der Waals surface area contributed by atoms with Gasteiger partial charge >= 0.3 is 0 Å². The lowest BCUT2D eigenvalue weighted by atomic mass is 10.1. The van der Waals surface area contributed by atoms with Gasteiger partial charge in [-0.3, -0.25) is 9.89 Å². The number of aromatic amines is 1. The topological polar surface area (TPSA) is 74.2 Å². The van der Waals surface area contributed by atoms with E-state index in [-0.39, 0.29) is 11.9 Å². The molecule has 8 heteroatoms. The average Bonchev–Trinajstić information content (AvgIpc) is 3.32. The Labute approximate surface area is 170 Å². The maximum absolute atomic E-state index is 12.3. The van der Waals surface area contributed by atoms with E-state index in [1.165, 1.54) is 0 Å². The van der Waals surface area contributed by atoms with Crippen LogP contribution in [-0.2, 0) is 0 Å². The van der Waals surface area contributed by atoms with Gasteiger partial charge in [-0.15, -0.1) is 0 Å². The quantitative estimate of drug-likeness (QED) is 0.616. The Kier molecular flexibility index (Phi) is 5.22. The number of furan rings is 1. The predicted molar refractivity (Wildman–Crippen MR) is 108 cm³/mol. The summed E-state index contributed by atoms with van der Waals surface area (Å²) in [5.41, 5.74) is 1.97. The molecular formula is C19H18BrClN4O2. The van der Waals surface area contributed by atoms with Crippen LogP contribution in [0.3, 0.4) is 0 Å². The molecule has 2 N–H and O–H groups in total. The SMILES string of the molecule is O=C(NC1CCCN(c2cc(-c3ccc(Cl)cc3)[nH]n2)C1)c1ccc(Br)o1. The largest absolute Gasteiger partial charge is 0.444 e. The van der Waals surface area contributed by atoms with Crippen LogP contribution in [0.25, 0.3) is 11.3 Å². The molecule has 1 aromatic carbocycles. The summed E-state index contributed by atoms with van der Waals surface area (Å²) in [5, 5.41) is 11.3. The number of hydrogen-bond donors (Lipinski definition) is 2. The van der Waals surface area contributed by atoms with Crippen LogP contribution in [0.1, 0.15) is 23.4 Å². The molecule has 4 rings (SSSR count). The van der Waals surface area contributed by atoms with E-state index in [0.29, 0.717) is 22.0 Å². The van der Waals surface area contributed by atoms with Gasteiger partial charge in [-0.2, -0.15) is 5.10 Å². The first kappa shape index (κ1) is 18.1. The molecule has 140 valence electrons. The third-order valence-corrected chi connectivity index (χ3v) is 5.28. The van der Waals surface area contributed by atoms with E-state index >= 15 is 0 Å². The van der Waals surface area contributed by atoms with Gasteiger partial charge < -0.3 is 14.6 Å². The summed E-state index contributed by atoms with van der Waals surface area (Å²) < 4.78 is 5.87. The minimum atomic E-state index is -0.198. The molecule has 1 amide bonds. The number of benzene rings is 1. The molecule has 0 aliphatic carbocycles. The van der Waals surface area contributed by atoms with Gasteiger partial charge in [-0.05, 0) is 58.6 Å². The van der Waals surface area contributed by atoms with E-state index in [2.05, 4.69) is 36.3 Å². The number of amides is 1. The van der Waals surface area contributed by atoms with Crippen molar-refractivity contribution >= 4 is 39.3 Å². The zero-order valence-corrected chi connectivity index (χ0v) is 16.8. The second kappa shape index (κ2) is 7.78. The number of nitrogens with zero attached hydrogens (tertiary/aromatic N) is 2. The molecule has 3 heterocycles. The van der Waals surface area contributed by atoms with Gasteiger partial charge in [0.05, 0.1) is 5.69 Å². The lowest BCUT2D eigenvalue weighted by molar-refractivity contribution is 0.0903. The molecule has 6 nitrogen and oxygen atoms in total. The standard InChI is InChI=1S/C19H18BrClN4O2/c20-17-8-7-16(27-17)19(26)22-14-2-1-9-25(11-14)18-10-15(23-24-18)12-3-5-13(21)6-4-12/h3-8,10,14H,1-2,9,11H2,(H,22,26)(H,23,24). The minimum absolute atomic E-state index is 0.0470. The summed E-state index contributed by atoms with van der Waals surface area (Å²) in [5.74, 6) is 0.986.